The van der Waals surface area contributed by atoms with Crippen LogP contribution in [0.15, 0.2) is 24.3 Å². The highest BCUT2D eigenvalue weighted by atomic mass is 16.2. The van der Waals surface area contributed by atoms with Gasteiger partial charge in [0.15, 0.2) is 0 Å². The monoisotopic (exact) mass is 355 g/mol. The minimum Gasteiger partial charge on any atom is -0.351 e. The first-order chi connectivity index (χ1) is 12.5. The van der Waals surface area contributed by atoms with Gasteiger partial charge < -0.3 is 10.6 Å². The standard InChI is InChI=1S/C20H25N3O3/c1-11(2)17(18(24)22-14-9-12-7-8-13(10-14)21-12)23-19(25)15-5-3-4-6-16(15)20(23)26/h3-6,11-14,17,21H,7-10H2,1-2H3,(H,22,24). The molecule has 6 nitrogen and oxygen atoms in total. The number of nitrogens with one attached hydrogen (secondary N) is 2. The third kappa shape index (κ3) is 2.82. The summed E-state index contributed by atoms with van der Waals surface area (Å²) in [7, 11) is 0. The molecule has 1 aromatic carbocycles. The van der Waals surface area contributed by atoms with Crippen molar-refractivity contribution in [2.45, 2.75) is 63.7 Å². The summed E-state index contributed by atoms with van der Waals surface area (Å²) in [5.74, 6) is -1.12. The largest absolute Gasteiger partial charge is 0.351 e. The van der Waals surface area contributed by atoms with Crippen molar-refractivity contribution >= 4 is 17.7 Å². The molecule has 0 saturated carbocycles. The van der Waals surface area contributed by atoms with E-state index in [2.05, 4.69) is 10.6 Å². The number of rotatable bonds is 4. The number of carbonyl (C=O) groups is 3. The summed E-state index contributed by atoms with van der Waals surface area (Å²) in [6.07, 6.45) is 4.14. The summed E-state index contributed by atoms with van der Waals surface area (Å²) >= 11 is 0. The molecular weight excluding hydrogens is 330 g/mol. The van der Waals surface area contributed by atoms with Gasteiger partial charge in [-0.2, -0.15) is 0 Å². The molecule has 2 bridgehead atoms. The van der Waals surface area contributed by atoms with E-state index in [0.29, 0.717) is 23.2 Å². The zero-order valence-electron chi connectivity index (χ0n) is 15.2. The number of hydrogen-bond donors (Lipinski definition) is 2. The Labute approximate surface area is 153 Å². The van der Waals surface area contributed by atoms with Gasteiger partial charge in [-0.15, -0.1) is 0 Å². The Morgan fingerprint density at radius 1 is 1.08 bits per heavy atom. The number of fused-ring (bicyclic) bond motifs is 3. The van der Waals surface area contributed by atoms with Crippen molar-refractivity contribution in [3.05, 3.63) is 35.4 Å². The van der Waals surface area contributed by atoms with E-state index in [-0.39, 0.29) is 29.7 Å². The molecule has 6 heteroatoms. The van der Waals surface area contributed by atoms with Gasteiger partial charge in [0.2, 0.25) is 5.91 Å². The third-order valence-electron chi connectivity index (χ3n) is 5.82. The maximum atomic E-state index is 13.0. The van der Waals surface area contributed by atoms with Crippen LogP contribution in [0.5, 0.6) is 0 Å². The molecule has 3 unspecified atom stereocenters. The van der Waals surface area contributed by atoms with Crippen LogP contribution in [0.4, 0.5) is 0 Å². The van der Waals surface area contributed by atoms with Crippen LogP contribution in [0.2, 0.25) is 0 Å². The van der Waals surface area contributed by atoms with Crippen LogP contribution in [0, 0.1) is 5.92 Å². The van der Waals surface area contributed by atoms with Crippen LogP contribution in [-0.4, -0.2) is 46.8 Å². The lowest BCUT2D eigenvalue weighted by atomic mass is 9.97. The summed E-state index contributed by atoms with van der Waals surface area (Å²) in [5.41, 5.74) is 0.770. The minimum atomic E-state index is -0.782. The van der Waals surface area contributed by atoms with E-state index in [1.54, 1.807) is 24.3 Å². The van der Waals surface area contributed by atoms with Crippen LogP contribution in [0.1, 0.15) is 60.2 Å². The molecule has 138 valence electrons. The van der Waals surface area contributed by atoms with Crippen LogP contribution < -0.4 is 10.6 Å². The fourth-order valence-corrected chi connectivity index (χ4v) is 4.64. The summed E-state index contributed by atoms with van der Waals surface area (Å²) < 4.78 is 0. The first kappa shape index (κ1) is 17.2. The number of carbonyl (C=O) groups excluding carboxylic acids is 3. The second-order valence-corrected chi connectivity index (χ2v) is 8.03. The number of benzene rings is 1. The molecule has 0 spiro atoms. The molecule has 0 radical (unpaired) electrons. The Kier molecular flexibility index (Phi) is 4.31. The number of nitrogens with zero attached hydrogens (tertiary/aromatic N) is 1. The van der Waals surface area contributed by atoms with E-state index in [0.717, 1.165) is 30.6 Å². The Balaban J connectivity index is 1.54. The zero-order valence-corrected chi connectivity index (χ0v) is 15.2. The molecule has 0 aliphatic carbocycles. The van der Waals surface area contributed by atoms with Crippen molar-refractivity contribution in [1.29, 1.82) is 0 Å². The molecule has 2 N–H and O–H groups in total. The number of amides is 3. The second-order valence-electron chi connectivity index (χ2n) is 8.03. The van der Waals surface area contributed by atoms with Gasteiger partial charge in [0, 0.05) is 18.1 Å². The van der Waals surface area contributed by atoms with Gasteiger partial charge in [0.05, 0.1) is 11.1 Å². The number of piperidine rings is 1. The minimum absolute atomic E-state index is 0.109. The Bertz CT molecular complexity index is 713. The quantitative estimate of drug-likeness (QED) is 0.806. The fourth-order valence-electron chi connectivity index (χ4n) is 4.64. The fraction of sp³-hybridized carbons (Fsp3) is 0.550. The summed E-state index contributed by atoms with van der Waals surface area (Å²) in [6, 6.07) is 7.04. The lowest BCUT2D eigenvalue weighted by Gasteiger charge is -2.33. The van der Waals surface area contributed by atoms with Crippen LogP contribution in [0.25, 0.3) is 0 Å². The molecule has 0 aromatic heterocycles. The maximum Gasteiger partial charge on any atom is 0.262 e. The molecule has 4 rings (SSSR count). The maximum absolute atomic E-state index is 13.0. The highest BCUT2D eigenvalue weighted by molar-refractivity contribution is 6.22. The van der Waals surface area contributed by atoms with Gasteiger partial charge >= 0.3 is 0 Å². The SMILES string of the molecule is CC(C)C(C(=O)NC1CC2CCC(C1)N2)N1C(=O)c2ccccc2C1=O. The van der Waals surface area contributed by atoms with Crippen LogP contribution in [0.3, 0.4) is 0 Å². The first-order valence-corrected chi connectivity index (χ1v) is 9.49. The van der Waals surface area contributed by atoms with E-state index in [4.69, 9.17) is 0 Å². The van der Waals surface area contributed by atoms with Crippen molar-refractivity contribution in [2.75, 3.05) is 0 Å². The molecule has 2 fully saturated rings. The lowest BCUT2D eigenvalue weighted by Crippen LogP contribution is -2.56. The van der Waals surface area contributed by atoms with Gasteiger partial charge in [-0.05, 0) is 43.7 Å². The molecule has 3 aliphatic rings. The molecule has 1 aromatic rings. The van der Waals surface area contributed by atoms with E-state index in [1.807, 2.05) is 13.8 Å². The van der Waals surface area contributed by atoms with E-state index in [1.165, 1.54) is 0 Å². The van der Waals surface area contributed by atoms with Crippen molar-refractivity contribution in [2.24, 2.45) is 5.92 Å². The summed E-state index contributed by atoms with van der Waals surface area (Å²) in [6.45, 7) is 3.75. The van der Waals surface area contributed by atoms with Crippen molar-refractivity contribution in [3.8, 4) is 0 Å². The van der Waals surface area contributed by atoms with Crippen molar-refractivity contribution in [1.82, 2.24) is 15.5 Å². The number of hydrogen-bond acceptors (Lipinski definition) is 4. The topological polar surface area (TPSA) is 78.5 Å². The van der Waals surface area contributed by atoms with E-state index >= 15 is 0 Å². The zero-order chi connectivity index (χ0) is 18.4. The average molecular weight is 355 g/mol. The highest BCUT2D eigenvalue weighted by Crippen LogP contribution is 2.29. The van der Waals surface area contributed by atoms with Crippen molar-refractivity contribution < 1.29 is 14.4 Å². The average Bonchev–Trinajstić information content (AvgIpc) is 3.07. The molecule has 3 heterocycles. The molecule has 2 saturated heterocycles. The van der Waals surface area contributed by atoms with Crippen molar-refractivity contribution in [3.63, 3.8) is 0 Å². The first-order valence-electron chi connectivity index (χ1n) is 9.49. The van der Waals surface area contributed by atoms with Gasteiger partial charge in [0.1, 0.15) is 6.04 Å². The number of imide groups is 1. The van der Waals surface area contributed by atoms with E-state index < -0.39 is 6.04 Å². The predicted molar refractivity (Wildman–Crippen MR) is 96.7 cm³/mol. The Morgan fingerprint density at radius 3 is 2.12 bits per heavy atom. The van der Waals surface area contributed by atoms with Gasteiger partial charge in [-0.3, -0.25) is 19.3 Å². The Hall–Kier alpha value is -2.21. The lowest BCUT2D eigenvalue weighted by molar-refractivity contribution is -0.127. The predicted octanol–water partition coefficient (Wildman–Crippen LogP) is 1.71. The van der Waals surface area contributed by atoms with Gasteiger partial charge in [-0.25, -0.2) is 0 Å². The van der Waals surface area contributed by atoms with E-state index in [9.17, 15) is 14.4 Å². The molecule has 3 aliphatic heterocycles. The summed E-state index contributed by atoms with van der Waals surface area (Å²) in [4.78, 5) is 39.7. The molecule has 3 atom stereocenters. The molecular formula is C20H25N3O3. The van der Waals surface area contributed by atoms with Crippen LogP contribution >= 0.6 is 0 Å². The molecule has 3 amide bonds. The Morgan fingerprint density at radius 2 is 1.62 bits per heavy atom. The highest BCUT2D eigenvalue weighted by Gasteiger charge is 2.44. The van der Waals surface area contributed by atoms with Gasteiger partial charge in [-0.1, -0.05) is 26.0 Å². The molecule has 26 heavy (non-hydrogen) atoms. The smallest absolute Gasteiger partial charge is 0.262 e. The van der Waals surface area contributed by atoms with Gasteiger partial charge in [0.25, 0.3) is 11.8 Å². The normalized spacial score (nSPS) is 28.4. The van der Waals surface area contributed by atoms with Crippen LogP contribution in [-0.2, 0) is 4.79 Å². The second kappa shape index (κ2) is 6.50. The summed E-state index contributed by atoms with van der Waals surface area (Å²) in [5, 5.41) is 6.68. The third-order valence-corrected chi connectivity index (χ3v) is 5.82.